The van der Waals surface area contributed by atoms with Gasteiger partial charge in [-0.3, -0.25) is 18.2 Å². The maximum absolute atomic E-state index is 12.2. The lowest BCUT2D eigenvalue weighted by atomic mass is 10.1. The average Bonchev–Trinajstić information content (AvgIpc) is 3.05. The van der Waals surface area contributed by atoms with Gasteiger partial charge in [-0.1, -0.05) is 35.7 Å². The maximum atomic E-state index is 12.2. The Morgan fingerprint density at radius 3 is 1.80 bits per heavy atom. The van der Waals surface area contributed by atoms with Gasteiger partial charge in [-0.05, 0) is 62.4 Å². The van der Waals surface area contributed by atoms with E-state index in [1.54, 1.807) is 13.0 Å². The van der Waals surface area contributed by atoms with Crippen molar-refractivity contribution >= 4 is 97.8 Å². The molecular weight excluding hydrogens is 833 g/mol. The fraction of sp³-hybridized carbons (Fsp3) is 0.345. The summed E-state index contributed by atoms with van der Waals surface area (Å²) in [6, 6.07) is 8.82. The van der Waals surface area contributed by atoms with Crippen LogP contribution in [0.5, 0.6) is 5.75 Å². The van der Waals surface area contributed by atoms with E-state index in [-0.39, 0.29) is 68.5 Å². The van der Waals surface area contributed by atoms with Crippen molar-refractivity contribution in [1.82, 2.24) is 15.0 Å². The van der Waals surface area contributed by atoms with E-state index in [1.807, 2.05) is 0 Å². The fourth-order valence-corrected chi connectivity index (χ4v) is 9.00. The minimum Gasteiger partial charge on any atom is -0.494 e. The number of aromatic nitrogens is 3. The first kappa shape index (κ1) is 43.2. The summed E-state index contributed by atoms with van der Waals surface area (Å²) in [5, 5.41) is 11.5. The third kappa shape index (κ3) is 13.1. The van der Waals surface area contributed by atoms with Gasteiger partial charge in [0.05, 0.1) is 35.7 Å². The summed E-state index contributed by atoms with van der Waals surface area (Å²) in [6.07, 6.45) is 1.29. The summed E-state index contributed by atoms with van der Waals surface area (Å²) < 4.78 is 136. The number of azo groups is 1. The average molecular weight is 867 g/mol. The summed E-state index contributed by atoms with van der Waals surface area (Å²) in [5.74, 6) is 0.389. The van der Waals surface area contributed by atoms with Crippen LogP contribution in [-0.2, 0) is 40.5 Å². The normalized spacial score (nSPS) is 12.8. The lowest BCUT2D eigenvalue weighted by molar-refractivity contribution is 0.417. The molecule has 0 fully saturated rings. The Morgan fingerprint density at radius 1 is 0.704 bits per heavy atom. The summed E-state index contributed by atoms with van der Waals surface area (Å²) >= 11 is 2.44. The molecule has 0 bridgehead atoms. The number of thioether (sulfide) groups is 2. The zero-order valence-corrected chi connectivity index (χ0v) is 33.2. The maximum Gasteiger partial charge on any atom is 0.295 e. The topological polar surface area (TPSA) is 302 Å². The summed E-state index contributed by atoms with van der Waals surface area (Å²) in [4.78, 5) is 12.0. The summed E-state index contributed by atoms with van der Waals surface area (Å²) in [6.45, 7) is 1.68. The van der Waals surface area contributed by atoms with Crippen LogP contribution in [0.4, 0.5) is 23.0 Å². The first-order valence-electron chi connectivity index (χ1n) is 15.4. The van der Waals surface area contributed by atoms with E-state index in [4.69, 9.17) is 13.8 Å². The van der Waals surface area contributed by atoms with Crippen LogP contribution in [0.3, 0.4) is 0 Å². The zero-order valence-electron chi connectivity index (χ0n) is 28.3. The number of hydrogen-bond donors (Lipinski definition) is 5. The standard InChI is InChI=1S/C29H34N6O13S6/c1-18-14-23(30-27-31-28(49-10-3-5-12-51(36,37)38)33-29(32-27)50-11-4-6-13-52(39,40)41)24(48-2)17-22(18)35-34-19-15-21-20(26(16-19)54(45,46)47)8-7-9-25(21)53(42,43)44/h7-9,14-17H,3-6,10-13H2,1-2H3,(H,36,37,38)(H,39,40,41)(H,42,43,44)(H,45,46,47)(H,30,31,32,33). The second-order valence-electron chi connectivity index (χ2n) is 11.3. The Morgan fingerprint density at radius 2 is 1.28 bits per heavy atom. The van der Waals surface area contributed by atoms with Gasteiger partial charge in [0.2, 0.25) is 5.95 Å². The highest BCUT2D eigenvalue weighted by molar-refractivity contribution is 7.99. The van der Waals surface area contributed by atoms with Crippen molar-refractivity contribution in [2.24, 2.45) is 10.2 Å². The number of nitrogens with zero attached hydrogens (tertiary/aromatic N) is 5. The second-order valence-corrected chi connectivity index (χ2v) is 19.4. The van der Waals surface area contributed by atoms with Crippen molar-refractivity contribution in [1.29, 1.82) is 0 Å². The van der Waals surface area contributed by atoms with Crippen molar-refractivity contribution in [3.8, 4) is 5.75 Å². The van der Waals surface area contributed by atoms with E-state index >= 15 is 0 Å². The number of rotatable bonds is 19. The molecule has 3 aromatic carbocycles. The monoisotopic (exact) mass is 866 g/mol. The Hall–Kier alpha value is -3.53. The molecule has 19 nitrogen and oxygen atoms in total. The van der Waals surface area contributed by atoms with Gasteiger partial charge >= 0.3 is 0 Å². The highest BCUT2D eigenvalue weighted by Gasteiger charge is 2.21. The van der Waals surface area contributed by atoms with Gasteiger partial charge in [-0.2, -0.15) is 58.9 Å². The Bertz CT molecular complexity index is 2440. The molecule has 0 atom stereocenters. The molecule has 1 heterocycles. The third-order valence-electron chi connectivity index (χ3n) is 7.15. The van der Waals surface area contributed by atoms with Crippen LogP contribution < -0.4 is 10.1 Å². The lowest BCUT2D eigenvalue weighted by Gasteiger charge is -2.13. The van der Waals surface area contributed by atoms with Crippen molar-refractivity contribution in [3.05, 3.63) is 48.0 Å². The summed E-state index contributed by atoms with van der Waals surface area (Å²) in [5.41, 5.74) is 0.979. The van der Waals surface area contributed by atoms with E-state index in [9.17, 15) is 42.8 Å². The van der Waals surface area contributed by atoms with Crippen molar-refractivity contribution in [3.63, 3.8) is 0 Å². The number of aryl methyl sites for hydroxylation is 1. The minimum absolute atomic E-state index is 0.0986. The molecule has 0 amide bonds. The predicted octanol–water partition coefficient (Wildman–Crippen LogP) is 5.51. The number of methoxy groups -OCH3 is 1. The predicted molar refractivity (Wildman–Crippen MR) is 201 cm³/mol. The van der Waals surface area contributed by atoms with Gasteiger partial charge in [0, 0.05) is 28.3 Å². The van der Waals surface area contributed by atoms with E-state index < -0.39 is 50.3 Å². The zero-order chi connectivity index (χ0) is 39.9. The van der Waals surface area contributed by atoms with Crippen molar-refractivity contribution < 1.29 is 56.6 Å². The molecule has 0 aliphatic carbocycles. The Balaban J connectivity index is 1.63. The van der Waals surface area contributed by atoms with Gasteiger partial charge in [-0.15, -0.1) is 0 Å². The van der Waals surface area contributed by atoms with Crippen LogP contribution in [0.25, 0.3) is 10.8 Å². The lowest BCUT2D eigenvalue weighted by Crippen LogP contribution is -2.05. The molecule has 1 aromatic heterocycles. The molecule has 5 N–H and O–H groups in total. The van der Waals surface area contributed by atoms with Gasteiger partial charge in [0.1, 0.15) is 15.5 Å². The number of benzene rings is 3. The van der Waals surface area contributed by atoms with Gasteiger partial charge in [-0.25, -0.2) is 0 Å². The highest BCUT2D eigenvalue weighted by atomic mass is 32.2. The molecule has 0 saturated carbocycles. The van der Waals surface area contributed by atoms with Crippen LogP contribution in [0.15, 0.2) is 72.8 Å². The number of hydrogen-bond acceptors (Lipinski definition) is 17. The van der Waals surface area contributed by atoms with E-state index in [1.165, 1.54) is 54.9 Å². The first-order chi connectivity index (χ1) is 25.1. The molecule has 294 valence electrons. The van der Waals surface area contributed by atoms with Crippen LogP contribution >= 0.6 is 23.5 Å². The molecule has 25 heteroatoms. The van der Waals surface area contributed by atoms with E-state index in [2.05, 4.69) is 30.5 Å². The Labute approximate surface area is 319 Å². The molecule has 0 saturated heterocycles. The highest BCUT2D eigenvalue weighted by Crippen LogP contribution is 2.37. The molecule has 0 aliphatic rings. The van der Waals surface area contributed by atoms with E-state index in [0.29, 0.717) is 35.6 Å². The van der Waals surface area contributed by atoms with Gasteiger partial charge < -0.3 is 10.1 Å². The SMILES string of the molecule is COc1cc(N=Nc2cc(S(=O)(=O)O)c3cccc(S(=O)(=O)O)c3c2)c(C)cc1Nc1nc(SCCCCS(=O)(=O)O)nc(SCCCCS(=O)(=O)O)n1. The molecule has 0 unspecified atom stereocenters. The number of anilines is 2. The third-order valence-corrected chi connectivity index (χ3v) is 12.4. The van der Waals surface area contributed by atoms with E-state index in [0.717, 1.165) is 12.1 Å². The molecule has 0 radical (unpaired) electrons. The Kier molecular flexibility index (Phi) is 14.4. The van der Waals surface area contributed by atoms with Gasteiger partial charge in [0.25, 0.3) is 40.5 Å². The van der Waals surface area contributed by atoms with Crippen LogP contribution in [0, 0.1) is 6.92 Å². The first-order valence-corrected chi connectivity index (χ1v) is 23.5. The minimum atomic E-state index is -4.87. The molecule has 4 aromatic rings. The second kappa shape index (κ2) is 17.9. The number of fused-ring (bicyclic) bond motifs is 1. The number of nitrogens with one attached hydrogen (secondary N) is 1. The molecule has 0 aliphatic heterocycles. The van der Waals surface area contributed by atoms with Crippen molar-refractivity contribution in [2.75, 3.05) is 35.4 Å². The molecule has 4 rings (SSSR count). The molecule has 54 heavy (non-hydrogen) atoms. The van der Waals surface area contributed by atoms with Gasteiger partial charge in [0.15, 0.2) is 10.3 Å². The summed E-state index contributed by atoms with van der Waals surface area (Å²) in [7, 11) is -16.5. The fourth-order valence-electron chi connectivity index (χ4n) is 4.71. The molecule has 0 spiro atoms. The van der Waals surface area contributed by atoms with Crippen LogP contribution in [0.1, 0.15) is 31.2 Å². The van der Waals surface area contributed by atoms with Crippen LogP contribution in [-0.4, -0.2) is 97.0 Å². The van der Waals surface area contributed by atoms with Crippen LogP contribution in [0.2, 0.25) is 0 Å². The number of unbranched alkanes of at least 4 members (excludes halogenated alkanes) is 2. The van der Waals surface area contributed by atoms with Crippen molar-refractivity contribution in [2.45, 2.75) is 52.7 Å². The molecular formula is C29H34N6O13S6. The quantitative estimate of drug-likeness (QED) is 0.0335. The smallest absolute Gasteiger partial charge is 0.295 e. The largest absolute Gasteiger partial charge is 0.494 e. The number of ether oxygens (including phenoxy) is 1.